The lowest BCUT2D eigenvalue weighted by molar-refractivity contribution is 0.621. The molecule has 0 saturated heterocycles. The molecule has 0 fully saturated rings. The van der Waals surface area contributed by atoms with E-state index in [1.54, 1.807) is 0 Å². The van der Waals surface area contributed by atoms with Crippen molar-refractivity contribution in [1.29, 1.82) is 0 Å². The third kappa shape index (κ3) is 2.69. The number of pyridine rings is 1. The van der Waals surface area contributed by atoms with Gasteiger partial charge in [0, 0.05) is 30.0 Å². The molecule has 0 aliphatic carbocycles. The van der Waals surface area contributed by atoms with E-state index in [9.17, 15) is 4.39 Å². The average molecular weight is 311 g/mol. The summed E-state index contributed by atoms with van der Waals surface area (Å²) in [6, 6.07) is 8.79. The standard InChI is InChI=1S/C19H22FN3/c1-5-17(23(4)15-8-6-14(20)7-9-15)19-18-16(10-11-21-19)12(2)13(3)22-18/h6-11,17,22H,5H2,1-4H3. The molecule has 1 N–H and O–H groups in total. The molecule has 2 aromatic heterocycles. The first-order valence-corrected chi connectivity index (χ1v) is 7.95. The Balaban J connectivity index is 2.07. The molecule has 1 atom stereocenters. The smallest absolute Gasteiger partial charge is 0.123 e. The number of hydrogen-bond acceptors (Lipinski definition) is 2. The molecule has 1 unspecified atom stereocenters. The van der Waals surface area contributed by atoms with Crippen molar-refractivity contribution in [2.75, 3.05) is 11.9 Å². The van der Waals surface area contributed by atoms with E-state index in [1.807, 2.05) is 25.4 Å². The van der Waals surface area contributed by atoms with Crippen LogP contribution in [-0.4, -0.2) is 17.0 Å². The van der Waals surface area contributed by atoms with Gasteiger partial charge in [0.15, 0.2) is 0 Å². The van der Waals surface area contributed by atoms with Crippen LogP contribution >= 0.6 is 0 Å². The Hall–Kier alpha value is -2.36. The largest absolute Gasteiger partial charge is 0.366 e. The number of halogens is 1. The van der Waals surface area contributed by atoms with Crippen LogP contribution in [0.5, 0.6) is 0 Å². The number of benzene rings is 1. The Morgan fingerprint density at radius 2 is 1.87 bits per heavy atom. The summed E-state index contributed by atoms with van der Waals surface area (Å²) in [6.07, 6.45) is 2.79. The van der Waals surface area contributed by atoms with Crippen LogP contribution in [0.1, 0.15) is 36.3 Å². The van der Waals surface area contributed by atoms with Gasteiger partial charge in [0.2, 0.25) is 0 Å². The molecule has 3 rings (SSSR count). The van der Waals surface area contributed by atoms with Gasteiger partial charge in [-0.15, -0.1) is 0 Å². The molecule has 3 aromatic rings. The fourth-order valence-electron chi connectivity index (χ4n) is 3.16. The van der Waals surface area contributed by atoms with Gasteiger partial charge in [-0.1, -0.05) is 6.92 Å². The Bertz CT molecular complexity index is 820. The van der Waals surface area contributed by atoms with Gasteiger partial charge >= 0.3 is 0 Å². The fraction of sp³-hybridized carbons (Fsp3) is 0.316. The quantitative estimate of drug-likeness (QED) is 0.742. The predicted molar refractivity (Wildman–Crippen MR) is 93.4 cm³/mol. The number of hydrogen-bond donors (Lipinski definition) is 1. The van der Waals surface area contributed by atoms with Gasteiger partial charge < -0.3 is 9.88 Å². The maximum atomic E-state index is 13.2. The van der Waals surface area contributed by atoms with Crippen molar-refractivity contribution < 1.29 is 4.39 Å². The van der Waals surface area contributed by atoms with E-state index in [0.29, 0.717) is 0 Å². The summed E-state index contributed by atoms with van der Waals surface area (Å²) in [5.74, 6) is -0.217. The summed E-state index contributed by atoms with van der Waals surface area (Å²) < 4.78 is 13.2. The number of aromatic amines is 1. The van der Waals surface area contributed by atoms with Crippen LogP contribution in [0.3, 0.4) is 0 Å². The summed E-state index contributed by atoms with van der Waals surface area (Å²) in [7, 11) is 2.03. The third-order valence-electron chi connectivity index (χ3n) is 4.66. The van der Waals surface area contributed by atoms with Crippen LogP contribution < -0.4 is 4.90 Å². The molecular formula is C19H22FN3. The van der Waals surface area contributed by atoms with Crippen molar-refractivity contribution in [3.8, 4) is 0 Å². The molecule has 1 aromatic carbocycles. The zero-order valence-electron chi connectivity index (χ0n) is 14.0. The van der Waals surface area contributed by atoms with Crippen LogP contribution in [0.15, 0.2) is 36.5 Å². The highest BCUT2D eigenvalue weighted by Gasteiger charge is 2.21. The average Bonchev–Trinajstić information content (AvgIpc) is 2.85. The van der Waals surface area contributed by atoms with Crippen molar-refractivity contribution in [3.05, 3.63) is 59.3 Å². The second kappa shape index (κ2) is 6.03. The fourth-order valence-corrected chi connectivity index (χ4v) is 3.16. The molecule has 0 bridgehead atoms. The van der Waals surface area contributed by atoms with Gasteiger partial charge in [-0.25, -0.2) is 4.39 Å². The number of aryl methyl sites for hydroxylation is 2. The molecule has 3 nitrogen and oxygen atoms in total. The van der Waals surface area contributed by atoms with Crippen molar-refractivity contribution in [1.82, 2.24) is 9.97 Å². The third-order valence-corrected chi connectivity index (χ3v) is 4.66. The maximum Gasteiger partial charge on any atom is 0.123 e. The van der Waals surface area contributed by atoms with Crippen molar-refractivity contribution in [2.45, 2.75) is 33.2 Å². The number of nitrogens with zero attached hydrogens (tertiary/aromatic N) is 2. The van der Waals surface area contributed by atoms with Crippen molar-refractivity contribution in [3.63, 3.8) is 0 Å². The molecule has 0 saturated carbocycles. The molecule has 0 aliphatic heterocycles. The highest BCUT2D eigenvalue weighted by atomic mass is 19.1. The first kappa shape index (κ1) is 15.5. The van der Waals surface area contributed by atoms with Crippen molar-refractivity contribution >= 4 is 16.6 Å². The number of anilines is 1. The number of fused-ring (bicyclic) bond motifs is 1. The van der Waals surface area contributed by atoms with Gasteiger partial charge in [-0.3, -0.25) is 4.98 Å². The Morgan fingerprint density at radius 1 is 1.17 bits per heavy atom. The molecule has 4 heteroatoms. The van der Waals surface area contributed by atoms with Crippen LogP contribution in [0, 0.1) is 19.7 Å². The van der Waals surface area contributed by atoms with Crippen LogP contribution in [0.2, 0.25) is 0 Å². The minimum absolute atomic E-state index is 0.126. The Labute approximate surface area is 136 Å². The molecular weight excluding hydrogens is 289 g/mol. The summed E-state index contributed by atoms with van der Waals surface area (Å²) in [6.45, 7) is 6.36. The monoisotopic (exact) mass is 311 g/mol. The molecule has 0 radical (unpaired) electrons. The second-order valence-electron chi connectivity index (χ2n) is 6.01. The predicted octanol–water partition coefficient (Wildman–Crippen LogP) is 4.91. The van der Waals surface area contributed by atoms with Crippen LogP contribution in [0.25, 0.3) is 10.9 Å². The van der Waals surface area contributed by atoms with E-state index < -0.39 is 0 Å². The SMILES string of the molecule is CCC(c1nccc2c(C)c(C)[nH]c12)N(C)c1ccc(F)cc1. The number of rotatable bonds is 4. The lowest BCUT2D eigenvalue weighted by Crippen LogP contribution is -2.24. The van der Waals surface area contributed by atoms with Crippen molar-refractivity contribution in [2.24, 2.45) is 0 Å². The highest BCUT2D eigenvalue weighted by Crippen LogP contribution is 2.32. The highest BCUT2D eigenvalue weighted by molar-refractivity contribution is 5.86. The summed E-state index contributed by atoms with van der Waals surface area (Å²) in [4.78, 5) is 10.3. The summed E-state index contributed by atoms with van der Waals surface area (Å²) in [5.41, 5.74) is 5.56. The maximum absolute atomic E-state index is 13.2. The van der Waals surface area contributed by atoms with Gasteiger partial charge in [0.25, 0.3) is 0 Å². The van der Waals surface area contributed by atoms with E-state index in [2.05, 4.69) is 41.7 Å². The molecule has 0 aliphatic rings. The summed E-state index contributed by atoms with van der Waals surface area (Å²) >= 11 is 0. The van der Waals surface area contributed by atoms with E-state index in [4.69, 9.17) is 0 Å². The van der Waals surface area contributed by atoms with Gasteiger partial charge in [0.05, 0.1) is 17.3 Å². The lowest BCUT2D eigenvalue weighted by atomic mass is 10.0. The van der Waals surface area contributed by atoms with E-state index in [0.717, 1.165) is 23.3 Å². The van der Waals surface area contributed by atoms with E-state index in [1.165, 1.54) is 28.8 Å². The topological polar surface area (TPSA) is 31.9 Å². The van der Waals surface area contributed by atoms with E-state index in [-0.39, 0.29) is 11.9 Å². The van der Waals surface area contributed by atoms with Gasteiger partial charge in [0.1, 0.15) is 5.82 Å². The molecule has 120 valence electrons. The second-order valence-corrected chi connectivity index (χ2v) is 6.01. The van der Waals surface area contributed by atoms with Crippen LogP contribution in [-0.2, 0) is 0 Å². The number of H-pyrrole nitrogens is 1. The molecule has 23 heavy (non-hydrogen) atoms. The first-order chi connectivity index (χ1) is 11.0. The normalized spacial score (nSPS) is 12.6. The first-order valence-electron chi connectivity index (χ1n) is 7.95. The lowest BCUT2D eigenvalue weighted by Gasteiger charge is -2.29. The zero-order valence-corrected chi connectivity index (χ0v) is 14.0. The number of nitrogens with one attached hydrogen (secondary N) is 1. The van der Waals surface area contributed by atoms with Gasteiger partial charge in [-0.05, 0) is 56.2 Å². The molecule has 0 amide bonds. The zero-order chi connectivity index (χ0) is 16.6. The molecule has 0 spiro atoms. The Kier molecular flexibility index (Phi) is 4.07. The van der Waals surface area contributed by atoms with Gasteiger partial charge in [-0.2, -0.15) is 0 Å². The minimum Gasteiger partial charge on any atom is -0.366 e. The van der Waals surface area contributed by atoms with Crippen LogP contribution in [0.4, 0.5) is 10.1 Å². The molecule has 2 heterocycles. The minimum atomic E-state index is -0.217. The Morgan fingerprint density at radius 3 is 2.52 bits per heavy atom. The number of aromatic nitrogens is 2. The summed E-state index contributed by atoms with van der Waals surface area (Å²) in [5, 5.41) is 1.22. The van der Waals surface area contributed by atoms with E-state index >= 15 is 0 Å².